The van der Waals surface area contributed by atoms with Gasteiger partial charge in [0.15, 0.2) is 5.78 Å². The van der Waals surface area contributed by atoms with Gasteiger partial charge in [-0.1, -0.05) is 56.3 Å². The standard InChI is InChI=1S/C20H20N2O/c1-15(2)14-22-18-11-7-6-10-17(18)21-20(22)13-12-19(23)16-8-4-3-5-9-16/h3-13,15H,14H2,1-2H3/b13-12+. The Morgan fingerprint density at radius 2 is 1.78 bits per heavy atom. The van der Waals surface area contributed by atoms with Crippen LogP contribution in [0.3, 0.4) is 0 Å². The minimum Gasteiger partial charge on any atom is -0.324 e. The summed E-state index contributed by atoms with van der Waals surface area (Å²) in [5.74, 6) is 1.32. The zero-order chi connectivity index (χ0) is 16.2. The maximum absolute atomic E-state index is 12.2. The van der Waals surface area contributed by atoms with Crippen molar-refractivity contribution in [3.05, 3.63) is 72.1 Å². The van der Waals surface area contributed by atoms with Gasteiger partial charge in [-0.25, -0.2) is 4.98 Å². The van der Waals surface area contributed by atoms with E-state index in [0.29, 0.717) is 11.5 Å². The number of aromatic nitrogens is 2. The molecule has 0 aliphatic carbocycles. The molecular formula is C20H20N2O. The van der Waals surface area contributed by atoms with Crippen LogP contribution in [-0.2, 0) is 6.54 Å². The normalized spacial score (nSPS) is 11.6. The Bertz CT molecular complexity index is 844. The van der Waals surface area contributed by atoms with Crippen LogP contribution in [0.1, 0.15) is 30.0 Å². The summed E-state index contributed by atoms with van der Waals surface area (Å²) in [6.45, 7) is 5.23. The summed E-state index contributed by atoms with van der Waals surface area (Å²) >= 11 is 0. The van der Waals surface area contributed by atoms with Crippen LogP contribution in [0.4, 0.5) is 0 Å². The molecule has 116 valence electrons. The van der Waals surface area contributed by atoms with E-state index in [1.165, 1.54) is 0 Å². The summed E-state index contributed by atoms with van der Waals surface area (Å²) in [6, 6.07) is 17.4. The Morgan fingerprint density at radius 3 is 2.52 bits per heavy atom. The van der Waals surface area contributed by atoms with Crippen LogP contribution in [0.15, 0.2) is 60.7 Å². The van der Waals surface area contributed by atoms with Crippen molar-refractivity contribution in [2.24, 2.45) is 5.92 Å². The maximum atomic E-state index is 12.2. The average Bonchev–Trinajstić information content (AvgIpc) is 2.91. The molecule has 0 N–H and O–H groups in total. The van der Waals surface area contributed by atoms with Crippen molar-refractivity contribution in [2.75, 3.05) is 0 Å². The van der Waals surface area contributed by atoms with Gasteiger partial charge in [-0.3, -0.25) is 4.79 Å². The molecule has 0 aliphatic heterocycles. The lowest BCUT2D eigenvalue weighted by molar-refractivity contribution is 0.104. The van der Waals surface area contributed by atoms with Gasteiger partial charge in [0, 0.05) is 12.1 Å². The molecule has 2 aromatic carbocycles. The number of carbonyl (C=O) groups is 1. The lowest BCUT2D eigenvalue weighted by Gasteiger charge is -2.09. The lowest BCUT2D eigenvalue weighted by Crippen LogP contribution is -2.06. The van der Waals surface area contributed by atoms with E-state index in [9.17, 15) is 4.79 Å². The van der Waals surface area contributed by atoms with Crippen molar-refractivity contribution in [2.45, 2.75) is 20.4 Å². The molecule has 1 aromatic heterocycles. The minimum atomic E-state index is -0.00578. The monoisotopic (exact) mass is 304 g/mol. The van der Waals surface area contributed by atoms with Crippen LogP contribution in [0.5, 0.6) is 0 Å². The number of benzene rings is 2. The summed E-state index contributed by atoms with van der Waals surface area (Å²) in [5.41, 5.74) is 2.75. The second kappa shape index (κ2) is 6.61. The van der Waals surface area contributed by atoms with E-state index in [2.05, 4.69) is 29.5 Å². The fourth-order valence-electron chi connectivity index (χ4n) is 2.63. The molecule has 0 saturated heterocycles. The number of allylic oxidation sites excluding steroid dienone is 1. The van der Waals surface area contributed by atoms with E-state index in [4.69, 9.17) is 0 Å². The van der Waals surface area contributed by atoms with E-state index in [1.54, 1.807) is 6.08 Å². The predicted molar refractivity (Wildman–Crippen MR) is 94.4 cm³/mol. The molecule has 0 radical (unpaired) electrons. The number of fused-ring (bicyclic) bond motifs is 1. The number of rotatable bonds is 5. The molecule has 0 bridgehead atoms. The van der Waals surface area contributed by atoms with Crippen molar-refractivity contribution in [1.82, 2.24) is 9.55 Å². The Hall–Kier alpha value is -2.68. The summed E-state index contributed by atoms with van der Waals surface area (Å²) in [6.07, 6.45) is 3.42. The maximum Gasteiger partial charge on any atom is 0.185 e. The zero-order valence-electron chi connectivity index (χ0n) is 13.4. The third-order valence-electron chi connectivity index (χ3n) is 3.67. The van der Waals surface area contributed by atoms with Crippen LogP contribution in [0.2, 0.25) is 0 Å². The third kappa shape index (κ3) is 3.39. The first kappa shape index (κ1) is 15.2. The molecule has 0 aliphatic rings. The second-order valence-corrected chi connectivity index (χ2v) is 6.03. The number of para-hydroxylation sites is 2. The van der Waals surface area contributed by atoms with Gasteiger partial charge in [-0.05, 0) is 30.2 Å². The van der Waals surface area contributed by atoms with Gasteiger partial charge in [0.25, 0.3) is 0 Å². The second-order valence-electron chi connectivity index (χ2n) is 6.03. The van der Waals surface area contributed by atoms with E-state index >= 15 is 0 Å². The Balaban J connectivity index is 1.96. The highest BCUT2D eigenvalue weighted by molar-refractivity contribution is 6.06. The van der Waals surface area contributed by atoms with E-state index in [1.807, 2.05) is 54.6 Å². The number of hydrogen-bond donors (Lipinski definition) is 0. The van der Waals surface area contributed by atoms with Crippen LogP contribution in [0.25, 0.3) is 17.1 Å². The smallest absolute Gasteiger partial charge is 0.185 e. The third-order valence-corrected chi connectivity index (χ3v) is 3.67. The van der Waals surface area contributed by atoms with Crippen LogP contribution < -0.4 is 0 Å². The first-order valence-electron chi connectivity index (χ1n) is 7.88. The van der Waals surface area contributed by atoms with Crippen molar-refractivity contribution >= 4 is 22.9 Å². The molecule has 0 atom stereocenters. The molecule has 3 nitrogen and oxygen atoms in total. The van der Waals surface area contributed by atoms with E-state index < -0.39 is 0 Å². The Kier molecular flexibility index (Phi) is 4.38. The number of ketones is 1. The zero-order valence-corrected chi connectivity index (χ0v) is 13.4. The fraction of sp³-hybridized carbons (Fsp3) is 0.200. The number of imidazole rings is 1. The fourth-order valence-corrected chi connectivity index (χ4v) is 2.63. The van der Waals surface area contributed by atoms with Crippen molar-refractivity contribution in [3.63, 3.8) is 0 Å². The Labute approximate surface area is 136 Å². The van der Waals surface area contributed by atoms with Crippen molar-refractivity contribution < 1.29 is 4.79 Å². The summed E-state index contributed by atoms with van der Waals surface area (Å²) in [5, 5.41) is 0. The first-order chi connectivity index (χ1) is 11.1. The van der Waals surface area contributed by atoms with Crippen LogP contribution in [0, 0.1) is 5.92 Å². The van der Waals surface area contributed by atoms with Crippen molar-refractivity contribution in [3.8, 4) is 0 Å². The number of nitrogens with zero attached hydrogens (tertiary/aromatic N) is 2. The van der Waals surface area contributed by atoms with Crippen molar-refractivity contribution in [1.29, 1.82) is 0 Å². The van der Waals surface area contributed by atoms with Gasteiger partial charge in [0.05, 0.1) is 11.0 Å². The van der Waals surface area contributed by atoms with Gasteiger partial charge < -0.3 is 4.57 Å². The predicted octanol–water partition coefficient (Wildman–Crippen LogP) is 4.59. The molecule has 3 rings (SSSR count). The van der Waals surface area contributed by atoms with E-state index in [-0.39, 0.29) is 5.78 Å². The number of hydrogen-bond acceptors (Lipinski definition) is 2. The molecule has 0 saturated carbocycles. The topological polar surface area (TPSA) is 34.9 Å². The molecule has 0 unspecified atom stereocenters. The highest BCUT2D eigenvalue weighted by atomic mass is 16.1. The highest BCUT2D eigenvalue weighted by Gasteiger charge is 2.10. The van der Waals surface area contributed by atoms with Gasteiger partial charge in [-0.15, -0.1) is 0 Å². The minimum absolute atomic E-state index is 0.00578. The molecule has 0 amide bonds. The molecule has 0 spiro atoms. The first-order valence-corrected chi connectivity index (χ1v) is 7.88. The lowest BCUT2D eigenvalue weighted by atomic mass is 10.1. The molecule has 3 aromatic rings. The quantitative estimate of drug-likeness (QED) is 0.510. The highest BCUT2D eigenvalue weighted by Crippen LogP contribution is 2.19. The Morgan fingerprint density at radius 1 is 1.09 bits per heavy atom. The van der Waals surface area contributed by atoms with Gasteiger partial charge in [0.2, 0.25) is 0 Å². The molecular weight excluding hydrogens is 284 g/mol. The molecule has 1 heterocycles. The SMILES string of the molecule is CC(C)Cn1c(/C=C/C(=O)c2ccccc2)nc2ccccc21. The average molecular weight is 304 g/mol. The van der Waals surface area contributed by atoms with Crippen LogP contribution >= 0.6 is 0 Å². The van der Waals surface area contributed by atoms with Crippen LogP contribution in [-0.4, -0.2) is 15.3 Å². The largest absolute Gasteiger partial charge is 0.324 e. The van der Waals surface area contributed by atoms with Gasteiger partial charge >= 0.3 is 0 Å². The van der Waals surface area contributed by atoms with Gasteiger partial charge in [-0.2, -0.15) is 0 Å². The molecule has 23 heavy (non-hydrogen) atoms. The number of carbonyl (C=O) groups excluding carboxylic acids is 1. The molecule has 3 heteroatoms. The summed E-state index contributed by atoms with van der Waals surface area (Å²) in [4.78, 5) is 16.9. The molecule has 0 fully saturated rings. The van der Waals surface area contributed by atoms with Gasteiger partial charge in [0.1, 0.15) is 5.82 Å². The summed E-state index contributed by atoms with van der Waals surface area (Å²) in [7, 11) is 0. The summed E-state index contributed by atoms with van der Waals surface area (Å²) < 4.78 is 2.18. The van der Waals surface area contributed by atoms with E-state index in [0.717, 1.165) is 23.4 Å².